The summed E-state index contributed by atoms with van der Waals surface area (Å²) in [5.41, 5.74) is 3.02. The van der Waals surface area contributed by atoms with E-state index >= 15 is 0 Å². The first-order chi connectivity index (χ1) is 6.66. The van der Waals surface area contributed by atoms with Crippen molar-refractivity contribution in [2.24, 2.45) is 0 Å². The summed E-state index contributed by atoms with van der Waals surface area (Å²) in [5.74, 6) is 0. The van der Waals surface area contributed by atoms with Crippen LogP contribution in [0.25, 0.3) is 5.69 Å². The minimum absolute atomic E-state index is 0.482. The van der Waals surface area contributed by atoms with Gasteiger partial charge in [-0.05, 0) is 26.0 Å². The van der Waals surface area contributed by atoms with Crippen LogP contribution < -0.4 is 0 Å². The normalized spacial score (nSPS) is 10.5. The third kappa shape index (κ3) is 1.63. The maximum absolute atomic E-state index is 5.80. The second-order valence-corrected chi connectivity index (χ2v) is 3.56. The Hall–Kier alpha value is -1.35. The van der Waals surface area contributed by atoms with Gasteiger partial charge in [-0.15, -0.1) is 0 Å². The van der Waals surface area contributed by atoms with E-state index in [0.717, 1.165) is 17.1 Å². The largest absolute Gasteiger partial charge is 0.244 e. The van der Waals surface area contributed by atoms with Crippen molar-refractivity contribution in [2.45, 2.75) is 13.8 Å². The molecule has 0 saturated heterocycles. The highest BCUT2D eigenvalue weighted by atomic mass is 35.5. The minimum Gasteiger partial charge on any atom is -0.244 e. The van der Waals surface area contributed by atoms with Crippen molar-refractivity contribution in [2.75, 3.05) is 0 Å². The van der Waals surface area contributed by atoms with Gasteiger partial charge in [0.05, 0.1) is 11.4 Å². The predicted molar refractivity (Wildman–Crippen MR) is 55.8 cm³/mol. The molecule has 14 heavy (non-hydrogen) atoms. The van der Waals surface area contributed by atoms with Crippen LogP contribution in [0.15, 0.2) is 24.4 Å². The fourth-order valence-electron chi connectivity index (χ4n) is 1.41. The Balaban J connectivity index is 2.54. The number of halogens is 1. The van der Waals surface area contributed by atoms with Crippen molar-refractivity contribution in [1.82, 2.24) is 14.8 Å². The van der Waals surface area contributed by atoms with E-state index in [1.165, 1.54) is 0 Å². The molecule has 0 N–H and O–H groups in total. The monoisotopic (exact) mass is 207 g/mol. The molecule has 0 aliphatic carbocycles. The highest BCUT2D eigenvalue weighted by molar-refractivity contribution is 6.29. The van der Waals surface area contributed by atoms with Gasteiger partial charge in [-0.3, -0.25) is 0 Å². The van der Waals surface area contributed by atoms with E-state index in [0.29, 0.717) is 5.15 Å². The van der Waals surface area contributed by atoms with Crippen molar-refractivity contribution >= 4 is 11.6 Å². The zero-order chi connectivity index (χ0) is 10.1. The van der Waals surface area contributed by atoms with Crippen molar-refractivity contribution in [1.29, 1.82) is 0 Å². The SMILES string of the molecule is Cc1cc(C)n(-c2ccnc(Cl)c2)n1. The lowest BCUT2D eigenvalue weighted by Gasteiger charge is -2.03. The smallest absolute Gasteiger partial charge is 0.131 e. The van der Waals surface area contributed by atoms with Crippen LogP contribution in [0.1, 0.15) is 11.4 Å². The number of hydrogen-bond donors (Lipinski definition) is 0. The lowest BCUT2D eigenvalue weighted by atomic mass is 10.4. The van der Waals surface area contributed by atoms with E-state index < -0.39 is 0 Å². The van der Waals surface area contributed by atoms with Crippen LogP contribution in [0, 0.1) is 13.8 Å². The molecule has 0 aliphatic heterocycles. The average Bonchev–Trinajstić information content (AvgIpc) is 2.45. The fourth-order valence-corrected chi connectivity index (χ4v) is 1.58. The molecule has 72 valence electrons. The number of nitrogens with zero attached hydrogens (tertiary/aromatic N) is 3. The predicted octanol–water partition coefficient (Wildman–Crippen LogP) is 2.54. The molecule has 0 unspecified atom stereocenters. The molecular formula is C10H10ClN3. The summed E-state index contributed by atoms with van der Waals surface area (Å²) in [6, 6.07) is 5.70. The van der Waals surface area contributed by atoms with E-state index in [1.54, 1.807) is 12.3 Å². The summed E-state index contributed by atoms with van der Waals surface area (Å²) in [6.07, 6.45) is 1.67. The van der Waals surface area contributed by atoms with Gasteiger partial charge in [0.25, 0.3) is 0 Å². The van der Waals surface area contributed by atoms with Crippen LogP contribution in [-0.2, 0) is 0 Å². The molecule has 3 nitrogen and oxygen atoms in total. The van der Waals surface area contributed by atoms with Gasteiger partial charge in [0.2, 0.25) is 0 Å². The number of pyridine rings is 1. The second-order valence-electron chi connectivity index (χ2n) is 3.18. The first kappa shape index (κ1) is 9.21. The molecule has 2 aromatic heterocycles. The number of rotatable bonds is 1. The van der Waals surface area contributed by atoms with Gasteiger partial charge < -0.3 is 0 Å². The van der Waals surface area contributed by atoms with Crippen molar-refractivity contribution in [3.8, 4) is 5.69 Å². The summed E-state index contributed by atoms with van der Waals surface area (Å²) < 4.78 is 1.85. The first-order valence-corrected chi connectivity index (χ1v) is 4.70. The summed E-state index contributed by atoms with van der Waals surface area (Å²) in [6.45, 7) is 3.97. The standard InChI is InChI=1S/C10H10ClN3/c1-7-5-8(2)14(13-7)9-3-4-12-10(11)6-9/h3-6H,1-2H3. The second kappa shape index (κ2) is 3.42. The quantitative estimate of drug-likeness (QED) is 0.673. The summed E-state index contributed by atoms with van der Waals surface area (Å²) in [7, 11) is 0. The molecule has 0 spiro atoms. The third-order valence-electron chi connectivity index (χ3n) is 1.96. The van der Waals surface area contributed by atoms with Crippen LogP contribution in [0.2, 0.25) is 5.15 Å². The summed E-state index contributed by atoms with van der Waals surface area (Å²) in [5, 5.41) is 4.83. The van der Waals surface area contributed by atoms with Gasteiger partial charge in [0, 0.05) is 18.0 Å². The molecule has 0 atom stereocenters. The molecular weight excluding hydrogens is 198 g/mol. The third-order valence-corrected chi connectivity index (χ3v) is 2.17. The highest BCUT2D eigenvalue weighted by Gasteiger charge is 2.03. The topological polar surface area (TPSA) is 30.7 Å². The van der Waals surface area contributed by atoms with E-state index in [2.05, 4.69) is 10.1 Å². The van der Waals surface area contributed by atoms with Gasteiger partial charge in [0.1, 0.15) is 5.15 Å². The maximum atomic E-state index is 5.80. The molecule has 0 radical (unpaired) electrons. The van der Waals surface area contributed by atoms with Crippen LogP contribution in [0.3, 0.4) is 0 Å². The number of hydrogen-bond acceptors (Lipinski definition) is 2. The van der Waals surface area contributed by atoms with Crippen LogP contribution in [0.4, 0.5) is 0 Å². The van der Waals surface area contributed by atoms with E-state index in [4.69, 9.17) is 11.6 Å². The molecule has 4 heteroatoms. The lowest BCUT2D eigenvalue weighted by molar-refractivity contribution is 0.831. The van der Waals surface area contributed by atoms with Gasteiger partial charge in [-0.2, -0.15) is 5.10 Å². The molecule has 2 rings (SSSR count). The molecule has 0 aliphatic rings. The summed E-state index contributed by atoms with van der Waals surface area (Å²) >= 11 is 5.80. The number of aryl methyl sites for hydroxylation is 2. The Bertz CT molecular complexity index is 462. The maximum Gasteiger partial charge on any atom is 0.131 e. The highest BCUT2D eigenvalue weighted by Crippen LogP contribution is 2.14. The molecule has 0 aromatic carbocycles. The van der Waals surface area contributed by atoms with Gasteiger partial charge >= 0.3 is 0 Å². The molecule has 2 heterocycles. The summed E-state index contributed by atoms with van der Waals surface area (Å²) in [4.78, 5) is 3.93. The van der Waals surface area contributed by atoms with Crippen molar-refractivity contribution in [3.05, 3.63) is 40.9 Å². The number of aromatic nitrogens is 3. The molecule has 2 aromatic rings. The zero-order valence-electron chi connectivity index (χ0n) is 8.03. The lowest BCUT2D eigenvalue weighted by Crippen LogP contribution is -1.98. The first-order valence-electron chi connectivity index (χ1n) is 4.32. The van der Waals surface area contributed by atoms with E-state index in [9.17, 15) is 0 Å². The van der Waals surface area contributed by atoms with Crippen LogP contribution >= 0.6 is 11.6 Å². The zero-order valence-corrected chi connectivity index (χ0v) is 8.78. The molecule has 0 amide bonds. The van der Waals surface area contributed by atoms with Gasteiger partial charge in [-0.1, -0.05) is 11.6 Å². The Morgan fingerprint density at radius 2 is 2.07 bits per heavy atom. The average molecular weight is 208 g/mol. The Morgan fingerprint density at radius 1 is 1.29 bits per heavy atom. The van der Waals surface area contributed by atoms with Crippen LogP contribution in [-0.4, -0.2) is 14.8 Å². The Morgan fingerprint density at radius 3 is 2.64 bits per heavy atom. The van der Waals surface area contributed by atoms with E-state index in [1.807, 2.05) is 30.7 Å². The van der Waals surface area contributed by atoms with Crippen LogP contribution in [0.5, 0.6) is 0 Å². The molecule has 0 fully saturated rings. The Labute approximate surface area is 87.3 Å². The molecule has 0 bridgehead atoms. The van der Waals surface area contributed by atoms with Gasteiger partial charge in [-0.25, -0.2) is 9.67 Å². The Kier molecular flexibility index (Phi) is 2.25. The fraction of sp³-hybridized carbons (Fsp3) is 0.200. The molecule has 0 saturated carbocycles. The van der Waals surface area contributed by atoms with E-state index in [-0.39, 0.29) is 0 Å². The van der Waals surface area contributed by atoms with Crippen molar-refractivity contribution in [3.63, 3.8) is 0 Å². The van der Waals surface area contributed by atoms with Gasteiger partial charge in [0.15, 0.2) is 0 Å². The van der Waals surface area contributed by atoms with Crippen molar-refractivity contribution < 1.29 is 0 Å². The minimum atomic E-state index is 0.482.